The highest BCUT2D eigenvalue weighted by Gasteiger charge is 2.27. The molecule has 158 valence electrons. The molecular formula is C21H18N4O5S. The summed E-state index contributed by atoms with van der Waals surface area (Å²) in [7, 11) is 1.83. The second-order valence-electron chi connectivity index (χ2n) is 7.02. The first-order valence-electron chi connectivity index (χ1n) is 9.59. The summed E-state index contributed by atoms with van der Waals surface area (Å²) in [6.45, 7) is 0.307. The fourth-order valence-electron chi connectivity index (χ4n) is 3.35. The Labute approximate surface area is 181 Å². The van der Waals surface area contributed by atoms with Crippen LogP contribution in [0, 0.1) is 0 Å². The molecule has 1 N–H and O–H groups in total. The largest absolute Gasteiger partial charge is 0.485 e. The molecule has 3 aromatic rings. The number of nitrogens with one attached hydrogen (secondary N) is 1. The summed E-state index contributed by atoms with van der Waals surface area (Å²) in [6, 6.07) is 12.5. The van der Waals surface area contributed by atoms with Gasteiger partial charge in [0.2, 0.25) is 0 Å². The van der Waals surface area contributed by atoms with Gasteiger partial charge in [-0.1, -0.05) is 23.9 Å². The fourth-order valence-corrected chi connectivity index (χ4v) is 4.16. The highest BCUT2D eigenvalue weighted by Crippen LogP contribution is 2.36. The monoisotopic (exact) mass is 438 g/mol. The minimum Gasteiger partial charge on any atom is -0.485 e. The van der Waals surface area contributed by atoms with Crippen LogP contribution < -0.4 is 19.5 Å². The van der Waals surface area contributed by atoms with Crippen molar-refractivity contribution in [3.8, 4) is 17.2 Å². The molecule has 10 heteroatoms. The van der Waals surface area contributed by atoms with E-state index in [1.807, 2.05) is 31.3 Å². The van der Waals surface area contributed by atoms with Gasteiger partial charge in [0.05, 0.1) is 11.4 Å². The van der Waals surface area contributed by atoms with E-state index in [9.17, 15) is 9.59 Å². The number of aromatic nitrogens is 3. The Morgan fingerprint density at radius 3 is 2.87 bits per heavy atom. The Bertz CT molecular complexity index is 1180. The number of hydrogen-bond acceptors (Lipinski definition) is 8. The van der Waals surface area contributed by atoms with Crippen LogP contribution in [0.15, 0.2) is 47.6 Å². The van der Waals surface area contributed by atoms with Crippen molar-refractivity contribution in [1.82, 2.24) is 14.8 Å². The van der Waals surface area contributed by atoms with E-state index < -0.39 is 0 Å². The van der Waals surface area contributed by atoms with E-state index in [-0.39, 0.29) is 30.2 Å². The highest BCUT2D eigenvalue weighted by atomic mass is 32.2. The number of carbonyl (C=O) groups is 2. The normalized spacial score (nSPS) is 16.8. The molecule has 2 aromatic carbocycles. The molecule has 2 aliphatic heterocycles. The number of ether oxygens (including phenoxy) is 3. The molecule has 2 aliphatic rings. The van der Waals surface area contributed by atoms with Gasteiger partial charge in [-0.2, -0.15) is 0 Å². The zero-order valence-corrected chi connectivity index (χ0v) is 17.3. The number of hydrogen-bond donors (Lipinski definition) is 1. The van der Waals surface area contributed by atoms with E-state index in [4.69, 9.17) is 14.2 Å². The summed E-state index contributed by atoms with van der Waals surface area (Å²) in [6.07, 6.45) is -0.387. The average molecular weight is 438 g/mol. The van der Waals surface area contributed by atoms with Gasteiger partial charge in [0.25, 0.3) is 5.91 Å². The highest BCUT2D eigenvalue weighted by molar-refractivity contribution is 7.99. The van der Waals surface area contributed by atoms with Crippen molar-refractivity contribution in [2.45, 2.75) is 11.3 Å². The average Bonchev–Trinajstić information content (AvgIpc) is 3.16. The molecule has 31 heavy (non-hydrogen) atoms. The SMILES string of the molecule is Cn1c(SCC(=O)c2ccc3c(c2)NC(=O)CO3)nnc1C1COc2ccccc2O1. The van der Waals surface area contributed by atoms with Gasteiger partial charge >= 0.3 is 0 Å². The summed E-state index contributed by atoms with van der Waals surface area (Å²) in [5.74, 6) is 2.38. The van der Waals surface area contributed by atoms with Crippen LogP contribution in [0.25, 0.3) is 0 Å². The molecule has 3 heterocycles. The van der Waals surface area contributed by atoms with E-state index >= 15 is 0 Å². The molecule has 0 bridgehead atoms. The van der Waals surface area contributed by atoms with E-state index in [2.05, 4.69) is 15.5 Å². The number of ketones is 1. The number of rotatable bonds is 5. The third-order valence-corrected chi connectivity index (χ3v) is 5.95. The predicted octanol–water partition coefficient (Wildman–Crippen LogP) is 2.63. The van der Waals surface area contributed by atoms with Gasteiger partial charge in [-0.15, -0.1) is 10.2 Å². The second-order valence-corrected chi connectivity index (χ2v) is 7.97. The lowest BCUT2D eigenvalue weighted by Gasteiger charge is -2.25. The van der Waals surface area contributed by atoms with Gasteiger partial charge in [-0.3, -0.25) is 9.59 Å². The molecule has 1 atom stereocenters. The molecule has 0 saturated heterocycles. The summed E-state index contributed by atoms with van der Waals surface area (Å²) in [5.41, 5.74) is 0.989. The summed E-state index contributed by atoms with van der Waals surface area (Å²) in [5, 5.41) is 11.8. The van der Waals surface area contributed by atoms with Crippen molar-refractivity contribution in [3.05, 3.63) is 53.9 Å². The van der Waals surface area contributed by atoms with Gasteiger partial charge in [0.1, 0.15) is 12.4 Å². The molecule has 9 nitrogen and oxygen atoms in total. The topological polar surface area (TPSA) is 105 Å². The van der Waals surface area contributed by atoms with E-state index in [1.54, 1.807) is 22.8 Å². The maximum Gasteiger partial charge on any atom is 0.262 e. The quantitative estimate of drug-likeness (QED) is 0.479. The van der Waals surface area contributed by atoms with E-state index in [0.717, 1.165) is 0 Å². The molecule has 0 fully saturated rings. The summed E-state index contributed by atoms with van der Waals surface area (Å²) >= 11 is 1.28. The fraction of sp³-hybridized carbons (Fsp3) is 0.238. The molecule has 0 aliphatic carbocycles. The van der Waals surface area contributed by atoms with Crippen molar-refractivity contribution in [3.63, 3.8) is 0 Å². The first kappa shape index (κ1) is 19.4. The Hall–Kier alpha value is -3.53. The van der Waals surface area contributed by atoms with Crippen molar-refractivity contribution in [1.29, 1.82) is 0 Å². The number of thioether (sulfide) groups is 1. The van der Waals surface area contributed by atoms with Crippen LogP contribution >= 0.6 is 11.8 Å². The van der Waals surface area contributed by atoms with Crippen LogP contribution in [0.5, 0.6) is 17.2 Å². The first-order chi connectivity index (χ1) is 15.1. The van der Waals surface area contributed by atoms with Gasteiger partial charge in [0, 0.05) is 12.6 Å². The first-order valence-corrected chi connectivity index (χ1v) is 10.6. The van der Waals surface area contributed by atoms with Crippen molar-refractivity contribution in [2.24, 2.45) is 7.05 Å². The molecule has 0 spiro atoms. The van der Waals surface area contributed by atoms with Crippen molar-refractivity contribution in [2.75, 3.05) is 24.3 Å². The number of amides is 1. The Kier molecular flexibility index (Phi) is 4.99. The number of carbonyl (C=O) groups excluding carboxylic acids is 2. The Morgan fingerprint density at radius 1 is 1.16 bits per heavy atom. The van der Waals surface area contributed by atoms with Crippen molar-refractivity contribution >= 4 is 29.1 Å². The number of nitrogens with zero attached hydrogens (tertiary/aromatic N) is 3. The van der Waals surface area contributed by atoms with Gasteiger partial charge in [-0.05, 0) is 30.3 Å². The van der Waals surface area contributed by atoms with Gasteiger partial charge < -0.3 is 24.1 Å². The predicted molar refractivity (Wildman–Crippen MR) is 112 cm³/mol. The lowest BCUT2D eigenvalue weighted by Crippen LogP contribution is -2.25. The van der Waals surface area contributed by atoms with Crippen LogP contribution in [0.4, 0.5) is 5.69 Å². The lowest BCUT2D eigenvalue weighted by atomic mass is 10.1. The zero-order valence-electron chi connectivity index (χ0n) is 16.5. The molecule has 5 rings (SSSR count). The maximum atomic E-state index is 12.7. The molecule has 1 unspecified atom stereocenters. The minimum atomic E-state index is -0.387. The Balaban J connectivity index is 1.26. The van der Waals surface area contributed by atoms with Crippen LogP contribution in [0.2, 0.25) is 0 Å². The molecule has 0 radical (unpaired) electrons. The molecule has 1 amide bonds. The number of benzene rings is 2. The maximum absolute atomic E-state index is 12.7. The number of anilines is 1. The van der Waals surface area contributed by atoms with Crippen LogP contribution in [-0.4, -0.2) is 45.4 Å². The number of Topliss-reactive ketones (excluding diaryl/α,β-unsaturated/α-hetero) is 1. The molecule has 1 aromatic heterocycles. The van der Waals surface area contributed by atoms with Crippen LogP contribution in [0.1, 0.15) is 22.3 Å². The van der Waals surface area contributed by atoms with Gasteiger partial charge in [0.15, 0.2) is 41.0 Å². The van der Waals surface area contributed by atoms with E-state index in [0.29, 0.717) is 46.1 Å². The third kappa shape index (κ3) is 3.81. The zero-order chi connectivity index (χ0) is 21.4. The Morgan fingerprint density at radius 2 is 2.00 bits per heavy atom. The summed E-state index contributed by atoms with van der Waals surface area (Å²) in [4.78, 5) is 24.2. The van der Waals surface area contributed by atoms with E-state index in [1.165, 1.54) is 11.8 Å². The third-order valence-electron chi connectivity index (χ3n) is 4.93. The lowest BCUT2D eigenvalue weighted by molar-refractivity contribution is -0.118. The molecular weight excluding hydrogens is 420 g/mol. The second kappa shape index (κ2) is 7.95. The van der Waals surface area contributed by atoms with Gasteiger partial charge in [-0.25, -0.2) is 0 Å². The molecule has 0 saturated carbocycles. The number of para-hydroxylation sites is 2. The smallest absolute Gasteiger partial charge is 0.262 e. The summed E-state index contributed by atoms with van der Waals surface area (Å²) < 4.78 is 18.9. The van der Waals surface area contributed by atoms with Crippen molar-refractivity contribution < 1.29 is 23.8 Å². The number of fused-ring (bicyclic) bond motifs is 2. The minimum absolute atomic E-state index is 0.0219. The van der Waals surface area contributed by atoms with Crippen LogP contribution in [0.3, 0.4) is 0 Å². The standard InChI is InChI=1S/C21H18N4O5S/c1-25-20(18-9-28-16-4-2-3-5-17(16)30-18)23-24-21(25)31-11-14(26)12-6-7-15-13(8-12)22-19(27)10-29-15/h2-8,18H,9-11H2,1H3,(H,22,27). The van der Waals surface area contributed by atoms with Crippen LogP contribution in [-0.2, 0) is 11.8 Å².